The van der Waals surface area contributed by atoms with Crippen molar-refractivity contribution in [1.29, 1.82) is 0 Å². The zero-order chi connectivity index (χ0) is 13.4. The summed E-state index contributed by atoms with van der Waals surface area (Å²) in [5.74, 6) is 0.888. The smallest absolute Gasteiger partial charge is 0.155 e. The van der Waals surface area contributed by atoms with Crippen molar-refractivity contribution in [3.05, 3.63) is 16.3 Å². The van der Waals surface area contributed by atoms with Crippen LogP contribution in [0.4, 0.5) is 5.82 Å². The Balaban J connectivity index is 1.96. The summed E-state index contributed by atoms with van der Waals surface area (Å²) in [5, 5.41) is 18.9. The second-order valence-electron chi connectivity index (χ2n) is 5.21. The Labute approximate surface area is 117 Å². The molecular weight excluding hydrogens is 266 g/mol. The lowest BCUT2D eigenvalue weighted by Crippen LogP contribution is -2.51. The first-order valence-electron chi connectivity index (χ1n) is 6.72. The second kappa shape index (κ2) is 5.23. The maximum absolute atomic E-state index is 10.1. The number of fused-ring (bicyclic) bond motifs is 1. The number of hydrogen-bond donors (Lipinski definition) is 1. The lowest BCUT2D eigenvalue weighted by molar-refractivity contribution is -0.0208. The standard InChI is InChI=1S/C13H18ClN3O2/c1-8-9-3-2-5-17(13(9)16-15-12(8)14)10-4-6-19-7-11(10)18/h10-11,18H,2-7H2,1H3/t10-,11+/m1/s1. The number of hydrogen-bond acceptors (Lipinski definition) is 5. The molecule has 0 unspecified atom stereocenters. The summed E-state index contributed by atoms with van der Waals surface area (Å²) in [4.78, 5) is 2.18. The van der Waals surface area contributed by atoms with E-state index in [4.69, 9.17) is 16.3 Å². The quantitative estimate of drug-likeness (QED) is 0.843. The molecule has 0 saturated carbocycles. The molecule has 0 aromatic carbocycles. The van der Waals surface area contributed by atoms with Crippen LogP contribution >= 0.6 is 11.6 Å². The molecule has 19 heavy (non-hydrogen) atoms. The van der Waals surface area contributed by atoms with Gasteiger partial charge in [-0.2, -0.15) is 0 Å². The summed E-state index contributed by atoms with van der Waals surface area (Å²) in [6.07, 6.45) is 2.40. The first-order valence-corrected chi connectivity index (χ1v) is 7.10. The molecule has 0 radical (unpaired) electrons. The van der Waals surface area contributed by atoms with E-state index in [0.29, 0.717) is 18.4 Å². The van der Waals surface area contributed by atoms with Crippen molar-refractivity contribution in [3.8, 4) is 0 Å². The minimum Gasteiger partial charge on any atom is -0.389 e. The van der Waals surface area contributed by atoms with Gasteiger partial charge in [0, 0.05) is 18.7 Å². The molecule has 1 saturated heterocycles. The van der Waals surface area contributed by atoms with E-state index in [1.165, 1.54) is 5.56 Å². The number of aromatic nitrogens is 2. The van der Waals surface area contributed by atoms with Crippen LogP contribution in [0.2, 0.25) is 5.15 Å². The molecule has 1 fully saturated rings. The van der Waals surface area contributed by atoms with Crippen molar-refractivity contribution in [2.75, 3.05) is 24.7 Å². The topological polar surface area (TPSA) is 58.5 Å². The molecule has 1 aromatic rings. The summed E-state index contributed by atoms with van der Waals surface area (Å²) in [7, 11) is 0. The molecule has 2 aliphatic heterocycles. The number of nitrogens with zero attached hydrogens (tertiary/aromatic N) is 3. The highest BCUT2D eigenvalue weighted by Gasteiger charge is 2.33. The summed E-state index contributed by atoms with van der Waals surface area (Å²) in [5.41, 5.74) is 2.18. The molecule has 0 amide bonds. The predicted octanol–water partition coefficient (Wildman–Crippen LogP) is 1.34. The van der Waals surface area contributed by atoms with E-state index in [0.717, 1.165) is 37.2 Å². The van der Waals surface area contributed by atoms with E-state index in [1.807, 2.05) is 6.92 Å². The van der Waals surface area contributed by atoms with Gasteiger partial charge in [0.15, 0.2) is 11.0 Å². The fourth-order valence-corrected chi connectivity index (χ4v) is 3.13. The molecule has 104 valence electrons. The lowest BCUT2D eigenvalue weighted by Gasteiger charge is -2.41. The molecular formula is C13H18ClN3O2. The van der Waals surface area contributed by atoms with Crippen LogP contribution in [0.15, 0.2) is 0 Å². The Morgan fingerprint density at radius 2 is 2.26 bits per heavy atom. The monoisotopic (exact) mass is 283 g/mol. The van der Waals surface area contributed by atoms with Gasteiger partial charge in [0.2, 0.25) is 0 Å². The zero-order valence-corrected chi connectivity index (χ0v) is 11.7. The van der Waals surface area contributed by atoms with Crippen LogP contribution in [0.1, 0.15) is 24.0 Å². The van der Waals surface area contributed by atoms with Crippen LogP contribution in [-0.2, 0) is 11.2 Å². The highest BCUT2D eigenvalue weighted by Crippen LogP contribution is 2.33. The second-order valence-corrected chi connectivity index (χ2v) is 5.57. The summed E-state index contributed by atoms with van der Waals surface area (Å²) >= 11 is 6.05. The van der Waals surface area contributed by atoms with Crippen molar-refractivity contribution < 1.29 is 9.84 Å². The van der Waals surface area contributed by atoms with Crippen LogP contribution in [0.25, 0.3) is 0 Å². The molecule has 0 bridgehead atoms. The molecule has 3 rings (SSSR count). The molecule has 2 atom stereocenters. The number of halogens is 1. The summed E-state index contributed by atoms with van der Waals surface area (Å²) in [6.45, 7) is 3.98. The zero-order valence-electron chi connectivity index (χ0n) is 11.0. The van der Waals surface area contributed by atoms with Gasteiger partial charge in [-0.25, -0.2) is 0 Å². The van der Waals surface area contributed by atoms with E-state index >= 15 is 0 Å². The Morgan fingerprint density at radius 1 is 1.42 bits per heavy atom. The Bertz CT molecular complexity index is 483. The van der Waals surface area contributed by atoms with Crippen molar-refractivity contribution in [2.45, 2.75) is 38.3 Å². The Morgan fingerprint density at radius 3 is 3.05 bits per heavy atom. The van der Waals surface area contributed by atoms with Gasteiger partial charge in [-0.3, -0.25) is 0 Å². The third-order valence-electron chi connectivity index (χ3n) is 4.05. The number of aliphatic hydroxyl groups is 1. The lowest BCUT2D eigenvalue weighted by atomic mass is 9.97. The molecule has 0 spiro atoms. The number of rotatable bonds is 1. The minimum atomic E-state index is -0.461. The Hall–Kier alpha value is -0.910. The van der Waals surface area contributed by atoms with Gasteiger partial charge in [-0.15, -0.1) is 10.2 Å². The van der Waals surface area contributed by atoms with Crippen molar-refractivity contribution in [3.63, 3.8) is 0 Å². The first-order chi connectivity index (χ1) is 9.18. The van der Waals surface area contributed by atoms with Gasteiger partial charge in [-0.1, -0.05) is 11.6 Å². The number of anilines is 1. The van der Waals surface area contributed by atoms with Crippen LogP contribution in [0.3, 0.4) is 0 Å². The van der Waals surface area contributed by atoms with Gasteiger partial charge in [-0.05, 0) is 31.7 Å². The van der Waals surface area contributed by atoms with Gasteiger partial charge in [0.05, 0.1) is 18.8 Å². The third-order valence-corrected chi connectivity index (χ3v) is 4.41. The maximum atomic E-state index is 10.1. The van der Waals surface area contributed by atoms with Crippen molar-refractivity contribution >= 4 is 17.4 Å². The van der Waals surface area contributed by atoms with Crippen LogP contribution < -0.4 is 4.90 Å². The minimum absolute atomic E-state index is 0.0719. The average molecular weight is 284 g/mol. The van der Waals surface area contributed by atoms with Crippen molar-refractivity contribution in [1.82, 2.24) is 10.2 Å². The Kier molecular flexibility index (Phi) is 3.60. The van der Waals surface area contributed by atoms with Crippen LogP contribution in [0.5, 0.6) is 0 Å². The molecule has 1 N–H and O–H groups in total. The fourth-order valence-electron chi connectivity index (χ4n) is 2.98. The number of ether oxygens (including phenoxy) is 1. The van der Waals surface area contributed by atoms with E-state index in [1.54, 1.807) is 0 Å². The van der Waals surface area contributed by atoms with Gasteiger partial charge in [0.1, 0.15) is 0 Å². The normalized spacial score (nSPS) is 27.2. The maximum Gasteiger partial charge on any atom is 0.155 e. The van der Waals surface area contributed by atoms with Gasteiger partial charge >= 0.3 is 0 Å². The third kappa shape index (κ3) is 2.30. The molecule has 3 heterocycles. The average Bonchev–Trinajstić information content (AvgIpc) is 2.43. The molecule has 6 heteroatoms. The number of aliphatic hydroxyl groups excluding tert-OH is 1. The highest BCUT2D eigenvalue weighted by molar-refractivity contribution is 6.30. The highest BCUT2D eigenvalue weighted by atomic mass is 35.5. The molecule has 0 aliphatic carbocycles. The van der Waals surface area contributed by atoms with E-state index < -0.39 is 6.10 Å². The van der Waals surface area contributed by atoms with Gasteiger partial charge in [0.25, 0.3) is 0 Å². The molecule has 2 aliphatic rings. The molecule has 1 aromatic heterocycles. The van der Waals surface area contributed by atoms with Crippen LogP contribution in [0, 0.1) is 6.92 Å². The van der Waals surface area contributed by atoms with E-state index in [-0.39, 0.29) is 6.04 Å². The van der Waals surface area contributed by atoms with Crippen LogP contribution in [-0.4, -0.2) is 47.2 Å². The van der Waals surface area contributed by atoms with Crippen molar-refractivity contribution in [2.24, 2.45) is 0 Å². The summed E-state index contributed by atoms with van der Waals surface area (Å²) in [6, 6.07) is 0.0719. The van der Waals surface area contributed by atoms with E-state index in [2.05, 4.69) is 15.1 Å². The molecule has 5 nitrogen and oxygen atoms in total. The fraction of sp³-hybridized carbons (Fsp3) is 0.692. The predicted molar refractivity (Wildman–Crippen MR) is 72.7 cm³/mol. The summed E-state index contributed by atoms with van der Waals surface area (Å²) < 4.78 is 5.30. The van der Waals surface area contributed by atoms with E-state index in [9.17, 15) is 5.11 Å². The van der Waals surface area contributed by atoms with Gasteiger partial charge < -0.3 is 14.7 Å². The SMILES string of the molecule is Cc1c(Cl)nnc2c1CCCN2[C@@H]1CCOC[C@@H]1O. The first kappa shape index (κ1) is 13.1. The largest absolute Gasteiger partial charge is 0.389 e.